The predicted octanol–water partition coefficient (Wildman–Crippen LogP) is 2.04. The van der Waals surface area contributed by atoms with E-state index >= 15 is 0 Å². The van der Waals surface area contributed by atoms with E-state index in [1.165, 1.54) is 0 Å². The molecule has 2 aromatic rings. The number of halogens is 1. The third kappa shape index (κ3) is 2.80. The van der Waals surface area contributed by atoms with Crippen LogP contribution in [0.15, 0.2) is 24.4 Å². The Labute approximate surface area is 111 Å². The molecule has 1 N–H and O–H groups in total. The number of hydrogen-bond acceptors (Lipinski definition) is 4. The van der Waals surface area contributed by atoms with Crippen molar-refractivity contribution in [2.75, 3.05) is 13.7 Å². The highest BCUT2D eigenvalue weighted by Crippen LogP contribution is 2.26. The molecule has 0 unspecified atom stereocenters. The summed E-state index contributed by atoms with van der Waals surface area (Å²) in [7, 11) is 1.59. The molecule has 0 spiro atoms. The van der Waals surface area contributed by atoms with Gasteiger partial charge in [-0.1, -0.05) is 23.7 Å². The predicted molar refractivity (Wildman–Crippen MR) is 70.3 cm³/mol. The van der Waals surface area contributed by atoms with Gasteiger partial charge in [0.2, 0.25) is 0 Å². The number of methoxy groups -OCH3 is 1. The quantitative estimate of drug-likeness (QED) is 0.900. The molecule has 1 aromatic heterocycles. The van der Waals surface area contributed by atoms with Gasteiger partial charge in [-0.2, -0.15) is 0 Å². The van der Waals surface area contributed by atoms with Crippen LogP contribution >= 0.6 is 11.6 Å². The molecule has 1 heterocycles. The summed E-state index contributed by atoms with van der Waals surface area (Å²) in [5.74, 6) is 0.623. The molecule has 18 heavy (non-hydrogen) atoms. The third-order valence-corrected chi connectivity index (χ3v) is 2.81. The summed E-state index contributed by atoms with van der Waals surface area (Å²) in [5.41, 5.74) is 1.76. The first-order chi connectivity index (χ1) is 8.74. The van der Waals surface area contributed by atoms with Crippen molar-refractivity contribution in [1.82, 2.24) is 20.3 Å². The zero-order valence-corrected chi connectivity index (χ0v) is 11.1. The van der Waals surface area contributed by atoms with Gasteiger partial charge in [-0.05, 0) is 18.7 Å². The average Bonchev–Trinajstić information content (AvgIpc) is 2.85. The first-order valence-electron chi connectivity index (χ1n) is 5.70. The van der Waals surface area contributed by atoms with Gasteiger partial charge in [-0.3, -0.25) is 0 Å². The first-order valence-corrected chi connectivity index (χ1v) is 6.08. The highest BCUT2D eigenvalue weighted by atomic mass is 35.5. The van der Waals surface area contributed by atoms with Crippen LogP contribution in [0.1, 0.15) is 12.6 Å². The standard InChI is InChI=1S/C12H15ClN4O/c1-3-14-7-9-8-17(16-15-9)10-4-5-11(13)12(6-10)18-2/h4-6,8,14H,3,7H2,1-2H3. The fourth-order valence-electron chi connectivity index (χ4n) is 1.55. The molecule has 1 aromatic carbocycles. The fourth-order valence-corrected chi connectivity index (χ4v) is 1.74. The van der Waals surface area contributed by atoms with E-state index in [2.05, 4.69) is 22.6 Å². The molecule has 5 nitrogen and oxygen atoms in total. The second-order valence-electron chi connectivity index (χ2n) is 3.75. The Hall–Kier alpha value is -1.59. The van der Waals surface area contributed by atoms with E-state index in [1.807, 2.05) is 18.3 Å². The number of ether oxygens (including phenoxy) is 1. The number of nitrogens with zero attached hydrogens (tertiary/aromatic N) is 3. The molecular formula is C12H15ClN4O. The minimum Gasteiger partial charge on any atom is -0.495 e. The fraction of sp³-hybridized carbons (Fsp3) is 0.333. The van der Waals surface area contributed by atoms with Gasteiger partial charge in [-0.25, -0.2) is 4.68 Å². The molecule has 0 aliphatic carbocycles. The summed E-state index contributed by atoms with van der Waals surface area (Å²) in [5, 5.41) is 11.9. The first kappa shape index (κ1) is 12.9. The van der Waals surface area contributed by atoms with Crippen molar-refractivity contribution in [2.24, 2.45) is 0 Å². The van der Waals surface area contributed by atoms with E-state index in [9.17, 15) is 0 Å². The molecule has 6 heteroatoms. The monoisotopic (exact) mass is 266 g/mol. The number of rotatable bonds is 5. The van der Waals surface area contributed by atoms with E-state index in [0.717, 1.165) is 17.9 Å². The van der Waals surface area contributed by atoms with Gasteiger partial charge in [0.15, 0.2) is 0 Å². The molecule has 0 saturated heterocycles. The maximum atomic E-state index is 5.98. The van der Waals surface area contributed by atoms with Crippen LogP contribution in [0.2, 0.25) is 5.02 Å². The molecule has 96 valence electrons. The van der Waals surface area contributed by atoms with Gasteiger partial charge < -0.3 is 10.1 Å². The highest BCUT2D eigenvalue weighted by Gasteiger charge is 2.06. The van der Waals surface area contributed by atoms with E-state index in [-0.39, 0.29) is 0 Å². The van der Waals surface area contributed by atoms with Gasteiger partial charge in [0.1, 0.15) is 5.75 Å². The Morgan fingerprint density at radius 2 is 2.28 bits per heavy atom. The van der Waals surface area contributed by atoms with Crippen LogP contribution in [-0.2, 0) is 6.54 Å². The SMILES string of the molecule is CCNCc1cn(-c2ccc(Cl)c(OC)c2)nn1. The maximum absolute atomic E-state index is 5.98. The van der Waals surface area contributed by atoms with Crippen molar-refractivity contribution < 1.29 is 4.74 Å². The topological polar surface area (TPSA) is 52.0 Å². The number of hydrogen-bond donors (Lipinski definition) is 1. The molecule has 0 aliphatic heterocycles. The summed E-state index contributed by atoms with van der Waals surface area (Å²) in [4.78, 5) is 0. The highest BCUT2D eigenvalue weighted by molar-refractivity contribution is 6.32. The molecule has 0 atom stereocenters. The van der Waals surface area contributed by atoms with Crippen LogP contribution in [0.3, 0.4) is 0 Å². The smallest absolute Gasteiger partial charge is 0.139 e. The van der Waals surface area contributed by atoms with Crippen LogP contribution in [0.4, 0.5) is 0 Å². The number of benzene rings is 1. The minimum atomic E-state index is 0.578. The van der Waals surface area contributed by atoms with Crippen LogP contribution in [0.25, 0.3) is 5.69 Å². The van der Waals surface area contributed by atoms with Crippen LogP contribution in [0.5, 0.6) is 5.75 Å². The van der Waals surface area contributed by atoms with E-state index in [4.69, 9.17) is 16.3 Å². The van der Waals surface area contributed by atoms with Crippen LogP contribution < -0.4 is 10.1 Å². The molecule has 0 saturated carbocycles. The summed E-state index contributed by atoms with van der Waals surface area (Å²) >= 11 is 5.98. The van der Waals surface area contributed by atoms with Gasteiger partial charge >= 0.3 is 0 Å². The van der Waals surface area contributed by atoms with Crippen LogP contribution in [-0.4, -0.2) is 28.6 Å². The van der Waals surface area contributed by atoms with E-state index in [0.29, 0.717) is 17.3 Å². The lowest BCUT2D eigenvalue weighted by Crippen LogP contribution is -2.11. The zero-order valence-electron chi connectivity index (χ0n) is 10.4. The van der Waals surface area contributed by atoms with Crippen molar-refractivity contribution in [3.05, 3.63) is 35.1 Å². The molecule has 0 radical (unpaired) electrons. The summed E-state index contributed by atoms with van der Waals surface area (Å²) in [6.45, 7) is 3.66. The van der Waals surface area contributed by atoms with Crippen molar-refractivity contribution in [3.8, 4) is 11.4 Å². The van der Waals surface area contributed by atoms with Crippen molar-refractivity contribution in [1.29, 1.82) is 0 Å². The van der Waals surface area contributed by atoms with Crippen molar-refractivity contribution in [2.45, 2.75) is 13.5 Å². The Morgan fingerprint density at radius 3 is 3.00 bits per heavy atom. The lowest BCUT2D eigenvalue weighted by molar-refractivity contribution is 0.414. The van der Waals surface area contributed by atoms with Gasteiger partial charge in [0, 0.05) is 12.6 Å². The van der Waals surface area contributed by atoms with Crippen LogP contribution in [0, 0.1) is 0 Å². The molecule has 0 bridgehead atoms. The summed E-state index contributed by atoms with van der Waals surface area (Å²) in [6, 6.07) is 5.48. The second kappa shape index (κ2) is 5.84. The van der Waals surface area contributed by atoms with E-state index < -0.39 is 0 Å². The number of aromatic nitrogens is 3. The number of nitrogens with one attached hydrogen (secondary N) is 1. The largest absolute Gasteiger partial charge is 0.495 e. The Kier molecular flexibility index (Phi) is 4.17. The lowest BCUT2D eigenvalue weighted by atomic mass is 10.3. The third-order valence-electron chi connectivity index (χ3n) is 2.50. The summed E-state index contributed by atoms with van der Waals surface area (Å²) < 4.78 is 6.87. The van der Waals surface area contributed by atoms with E-state index in [1.54, 1.807) is 17.9 Å². The van der Waals surface area contributed by atoms with Gasteiger partial charge in [0.05, 0.1) is 29.7 Å². The Balaban J connectivity index is 2.23. The molecule has 0 amide bonds. The molecule has 0 aliphatic rings. The average molecular weight is 267 g/mol. The Morgan fingerprint density at radius 1 is 1.44 bits per heavy atom. The zero-order chi connectivity index (χ0) is 13.0. The normalized spacial score (nSPS) is 10.6. The van der Waals surface area contributed by atoms with Gasteiger partial charge in [0.25, 0.3) is 0 Å². The van der Waals surface area contributed by atoms with Crippen molar-refractivity contribution in [3.63, 3.8) is 0 Å². The lowest BCUT2D eigenvalue weighted by Gasteiger charge is -2.05. The molecular weight excluding hydrogens is 252 g/mol. The summed E-state index contributed by atoms with van der Waals surface area (Å²) in [6.07, 6.45) is 1.88. The molecule has 2 rings (SSSR count). The van der Waals surface area contributed by atoms with Crippen molar-refractivity contribution >= 4 is 11.6 Å². The maximum Gasteiger partial charge on any atom is 0.139 e. The minimum absolute atomic E-state index is 0.578. The van der Waals surface area contributed by atoms with Gasteiger partial charge in [-0.15, -0.1) is 5.10 Å². The Bertz CT molecular complexity index is 527. The molecule has 0 fully saturated rings. The second-order valence-corrected chi connectivity index (χ2v) is 4.16.